The third-order valence-corrected chi connectivity index (χ3v) is 4.70. The zero-order valence-electron chi connectivity index (χ0n) is 13.4. The minimum absolute atomic E-state index is 0.471. The van der Waals surface area contributed by atoms with E-state index in [-0.39, 0.29) is 0 Å². The van der Waals surface area contributed by atoms with Crippen molar-refractivity contribution in [2.24, 2.45) is 0 Å². The van der Waals surface area contributed by atoms with Gasteiger partial charge >= 0.3 is 0 Å². The highest BCUT2D eigenvalue weighted by atomic mass is 32.2. The van der Waals surface area contributed by atoms with Gasteiger partial charge in [0.15, 0.2) is 0 Å². The number of thioether (sulfide) groups is 1. The van der Waals surface area contributed by atoms with E-state index in [1.165, 1.54) is 19.3 Å². The Bertz CT molecular complexity index is 453. The average Bonchev–Trinajstić information content (AvgIpc) is 2.92. The van der Waals surface area contributed by atoms with Gasteiger partial charge in [-0.05, 0) is 31.9 Å². The number of hydrogen-bond donors (Lipinski definition) is 2. The molecule has 2 unspecified atom stereocenters. The maximum Gasteiger partial charge on any atom is 0.231 e. The molecule has 1 aliphatic rings. The molecule has 2 rings (SSSR count). The predicted octanol–water partition coefficient (Wildman–Crippen LogP) is 2.46. The Labute approximate surface area is 131 Å². The van der Waals surface area contributed by atoms with Gasteiger partial charge in [-0.25, -0.2) is 0 Å². The topological polar surface area (TPSA) is 66.0 Å². The van der Waals surface area contributed by atoms with Crippen LogP contribution in [-0.4, -0.2) is 53.1 Å². The third-order valence-electron chi connectivity index (χ3n) is 3.61. The Morgan fingerprint density at radius 2 is 1.95 bits per heavy atom. The van der Waals surface area contributed by atoms with Crippen LogP contribution in [0.2, 0.25) is 0 Å². The number of aromatic nitrogens is 3. The third kappa shape index (κ3) is 4.62. The van der Waals surface area contributed by atoms with E-state index in [9.17, 15) is 0 Å². The number of rotatable bonds is 7. The fourth-order valence-corrected chi connectivity index (χ4v) is 3.21. The molecule has 21 heavy (non-hydrogen) atoms. The van der Waals surface area contributed by atoms with Gasteiger partial charge in [0.1, 0.15) is 0 Å². The van der Waals surface area contributed by atoms with Gasteiger partial charge in [0, 0.05) is 31.9 Å². The summed E-state index contributed by atoms with van der Waals surface area (Å²) in [7, 11) is 3.89. The van der Waals surface area contributed by atoms with Gasteiger partial charge in [0.2, 0.25) is 17.8 Å². The standard InChI is InChI=1S/C14H26N6S/c1-5-8-15-12-17-13(19-14(18-12)20(2)3)16-10-6-7-11(9-10)21-4/h10-11H,5-9H2,1-4H3,(H2,15,16,17,18,19). The SMILES string of the molecule is CCCNc1nc(NC2CCC(SC)C2)nc(N(C)C)n1. The zero-order chi connectivity index (χ0) is 15.2. The fourth-order valence-electron chi connectivity index (χ4n) is 2.41. The summed E-state index contributed by atoms with van der Waals surface area (Å²) in [5, 5.41) is 7.48. The summed E-state index contributed by atoms with van der Waals surface area (Å²) in [5.74, 6) is 2.02. The number of nitrogens with one attached hydrogen (secondary N) is 2. The van der Waals surface area contributed by atoms with Gasteiger partial charge in [-0.2, -0.15) is 26.7 Å². The van der Waals surface area contributed by atoms with Crippen LogP contribution in [0.25, 0.3) is 0 Å². The van der Waals surface area contributed by atoms with E-state index in [0.717, 1.165) is 18.2 Å². The quantitative estimate of drug-likeness (QED) is 0.802. The first-order valence-corrected chi connectivity index (χ1v) is 8.87. The summed E-state index contributed by atoms with van der Waals surface area (Å²) in [6, 6.07) is 0.471. The number of anilines is 3. The molecule has 6 nitrogen and oxygen atoms in total. The lowest BCUT2D eigenvalue weighted by molar-refractivity contribution is 0.742. The van der Waals surface area contributed by atoms with Crippen LogP contribution in [0.3, 0.4) is 0 Å². The van der Waals surface area contributed by atoms with Crippen LogP contribution in [0.15, 0.2) is 0 Å². The van der Waals surface area contributed by atoms with Crippen molar-refractivity contribution in [1.29, 1.82) is 0 Å². The van der Waals surface area contributed by atoms with Crippen molar-refractivity contribution in [3.63, 3.8) is 0 Å². The second kappa shape index (κ2) is 7.68. The van der Waals surface area contributed by atoms with Crippen molar-refractivity contribution in [2.75, 3.05) is 42.4 Å². The summed E-state index contributed by atoms with van der Waals surface area (Å²) in [4.78, 5) is 15.3. The molecule has 0 spiro atoms. The molecule has 1 saturated carbocycles. The molecule has 7 heteroatoms. The molecule has 0 aliphatic heterocycles. The Hall–Kier alpha value is -1.24. The lowest BCUT2D eigenvalue weighted by Gasteiger charge is -2.16. The maximum atomic E-state index is 4.50. The summed E-state index contributed by atoms with van der Waals surface area (Å²) in [5.41, 5.74) is 0. The maximum absolute atomic E-state index is 4.50. The molecule has 0 bridgehead atoms. The molecule has 1 aromatic heterocycles. The molecular weight excluding hydrogens is 284 g/mol. The molecule has 0 saturated heterocycles. The summed E-state index contributed by atoms with van der Waals surface area (Å²) < 4.78 is 0. The smallest absolute Gasteiger partial charge is 0.231 e. The van der Waals surface area contributed by atoms with Gasteiger partial charge in [0.05, 0.1) is 0 Å². The molecule has 1 fully saturated rings. The molecule has 2 atom stereocenters. The summed E-state index contributed by atoms with van der Waals surface area (Å²) in [6.07, 6.45) is 6.87. The van der Waals surface area contributed by atoms with Crippen molar-refractivity contribution >= 4 is 29.6 Å². The fraction of sp³-hybridized carbons (Fsp3) is 0.786. The summed E-state index contributed by atoms with van der Waals surface area (Å²) >= 11 is 1.96. The van der Waals surface area contributed by atoms with E-state index in [0.29, 0.717) is 23.9 Å². The highest BCUT2D eigenvalue weighted by Gasteiger charge is 2.24. The Kier molecular flexibility index (Phi) is 5.90. The Morgan fingerprint density at radius 3 is 2.57 bits per heavy atom. The van der Waals surface area contributed by atoms with Crippen molar-refractivity contribution in [3.05, 3.63) is 0 Å². The predicted molar refractivity (Wildman–Crippen MR) is 91.5 cm³/mol. The van der Waals surface area contributed by atoms with Crippen molar-refractivity contribution in [2.45, 2.75) is 43.9 Å². The van der Waals surface area contributed by atoms with Crippen molar-refractivity contribution < 1.29 is 0 Å². The zero-order valence-corrected chi connectivity index (χ0v) is 14.2. The average molecular weight is 310 g/mol. The first-order chi connectivity index (χ1) is 10.1. The normalized spacial score (nSPS) is 21.3. The van der Waals surface area contributed by atoms with Crippen LogP contribution in [0.5, 0.6) is 0 Å². The minimum Gasteiger partial charge on any atom is -0.354 e. The molecular formula is C14H26N6S. The monoisotopic (exact) mass is 310 g/mol. The lowest BCUT2D eigenvalue weighted by Crippen LogP contribution is -2.21. The molecule has 0 aromatic carbocycles. The largest absolute Gasteiger partial charge is 0.354 e. The van der Waals surface area contributed by atoms with Crippen LogP contribution >= 0.6 is 11.8 Å². The molecule has 118 valence electrons. The second-order valence-corrected chi connectivity index (χ2v) is 6.75. The lowest BCUT2D eigenvalue weighted by atomic mass is 10.2. The van der Waals surface area contributed by atoms with Crippen LogP contribution in [-0.2, 0) is 0 Å². The van der Waals surface area contributed by atoms with E-state index in [2.05, 4.69) is 38.8 Å². The van der Waals surface area contributed by atoms with Crippen LogP contribution in [0.4, 0.5) is 17.8 Å². The molecule has 0 radical (unpaired) electrons. The van der Waals surface area contributed by atoms with Gasteiger partial charge in [-0.15, -0.1) is 0 Å². The second-order valence-electron chi connectivity index (χ2n) is 5.62. The molecule has 2 N–H and O–H groups in total. The van der Waals surface area contributed by atoms with E-state index in [1.54, 1.807) is 0 Å². The van der Waals surface area contributed by atoms with E-state index in [1.807, 2.05) is 30.8 Å². The first-order valence-electron chi connectivity index (χ1n) is 7.59. The van der Waals surface area contributed by atoms with Crippen LogP contribution < -0.4 is 15.5 Å². The van der Waals surface area contributed by atoms with Gasteiger partial charge < -0.3 is 15.5 Å². The first kappa shape index (κ1) is 16.1. The summed E-state index contributed by atoms with van der Waals surface area (Å²) in [6.45, 7) is 3.00. The molecule has 1 aliphatic carbocycles. The van der Waals surface area contributed by atoms with E-state index >= 15 is 0 Å². The van der Waals surface area contributed by atoms with Crippen LogP contribution in [0.1, 0.15) is 32.6 Å². The van der Waals surface area contributed by atoms with E-state index in [4.69, 9.17) is 0 Å². The Balaban J connectivity index is 2.08. The molecule has 1 heterocycles. The highest BCUT2D eigenvalue weighted by molar-refractivity contribution is 7.99. The Morgan fingerprint density at radius 1 is 1.19 bits per heavy atom. The highest BCUT2D eigenvalue weighted by Crippen LogP contribution is 2.29. The number of nitrogens with zero attached hydrogens (tertiary/aromatic N) is 4. The van der Waals surface area contributed by atoms with Crippen LogP contribution in [0, 0.1) is 0 Å². The minimum atomic E-state index is 0.471. The van der Waals surface area contributed by atoms with E-state index < -0.39 is 0 Å². The van der Waals surface area contributed by atoms with Gasteiger partial charge in [-0.3, -0.25) is 0 Å². The molecule has 1 aromatic rings. The number of hydrogen-bond acceptors (Lipinski definition) is 7. The van der Waals surface area contributed by atoms with Crippen molar-refractivity contribution in [1.82, 2.24) is 15.0 Å². The van der Waals surface area contributed by atoms with Crippen molar-refractivity contribution in [3.8, 4) is 0 Å². The molecule has 0 amide bonds. The van der Waals surface area contributed by atoms with Gasteiger partial charge in [0.25, 0.3) is 0 Å². The van der Waals surface area contributed by atoms with Gasteiger partial charge in [-0.1, -0.05) is 6.92 Å².